The number of methoxy groups -OCH3 is 1. The van der Waals surface area contributed by atoms with E-state index in [1.54, 1.807) is 38.3 Å². The van der Waals surface area contributed by atoms with Crippen molar-refractivity contribution in [2.24, 2.45) is 0 Å². The van der Waals surface area contributed by atoms with Gasteiger partial charge in [-0.25, -0.2) is 8.42 Å². The predicted molar refractivity (Wildman–Crippen MR) is 105 cm³/mol. The molecule has 0 unspecified atom stereocenters. The van der Waals surface area contributed by atoms with Gasteiger partial charge in [-0.15, -0.1) is 0 Å². The van der Waals surface area contributed by atoms with Gasteiger partial charge >= 0.3 is 0 Å². The molecule has 0 bridgehead atoms. The van der Waals surface area contributed by atoms with Gasteiger partial charge < -0.3 is 10.1 Å². The Labute approximate surface area is 163 Å². The van der Waals surface area contributed by atoms with Crippen LogP contribution in [0.1, 0.15) is 11.1 Å². The number of benzene rings is 2. The second-order valence-corrected chi connectivity index (χ2v) is 8.03. The maximum Gasteiger partial charge on any atom is 0.271 e. The van der Waals surface area contributed by atoms with Crippen molar-refractivity contribution >= 4 is 27.3 Å². The minimum absolute atomic E-state index is 0.0938. The van der Waals surface area contributed by atoms with Crippen molar-refractivity contribution in [2.75, 3.05) is 24.2 Å². The molecule has 0 aliphatic heterocycles. The van der Waals surface area contributed by atoms with Crippen molar-refractivity contribution in [3.63, 3.8) is 0 Å². The van der Waals surface area contributed by atoms with Crippen LogP contribution in [-0.4, -0.2) is 39.2 Å². The molecule has 9 nitrogen and oxygen atoms in total. The highest BCUT2D eigenvalue weighted by molar-refractivity contribution is 7.92. The largest absolute Gasteiger partial charge is 0.497 e. The van der Waals surface area contributed by atoms with Crippen LogP contribution in [0, 0.1) is 17.0 Å². The fourth-order valence-electron chi connectivity index (χ4n) is 2.49. The Hall–Kier alpha value is -3.14. The maximum absolute atomic E-state index is 12.3. The van der Waals surface area contributed by atoms with Crippen molar-refractivity contribution in [2.45, 2.75) is 13.5 Å². The number of nitro groups is 1. The average Bonchev–Trinajstić information content (AvgIpc) is 2.64. The summed E-state index contributed by atoms with van der Waals surface area (Å²) >= 11 is 0. The fraction of sp³-hybridized carbons (Fsp3) is 0.278. The number of ether oxygens (including phenoxy) is 1. The van der Waals surface area contributed by atoms with Gasteiger partial charge in [-0.1, -0.05) is 18.2 Å². The first-order valence-corrected chi connectivity index (χ1v) is 10.1. The minimum atomic E-state index is -3.84. The number of nitrogens with one attached hydrogen (secondary N) is 1. The van der Waals surface area contributed by atoms with E-state index < -0.39 is 27.4 Å². The highest BCUT2D eigenvalue weighted by Gasteiger charge is 2.24. The quantitative estimate of drug-likeness (QED) is 0.528. The molecule has 0 saturated carbocycles. The number of sulfonamides is 1. The van der Waals surface area contributed by atoms with Crippen LogP contribution >= 0.6 is 0 Å². The molecule has 0 aliphatic rings. The number of nitro benzene ring substituents is 1. The van der Waals surface area contributed by atoms with Crippen LogP contribution in [-0.2, 0) is 21.4 Å². The number of rotatable bonds is 8. The molecular formula is C18H21N3O6S. The topological polar surface area (TPSA) is 119 Å². The summed E-state index contributed by atoms with van der Waals surface area (Å²) in [7, 11) is -2.29. The van der Waals surface area contributed by atoms with Crippen LogP contribution in [0.5, 0.6) is 5.75 Å². The number of non-ortho nitro benzene ring substituents is 1. The van der Waals surface area contributed by atoms with Gasteiger partial charge in [0, 0.05) is 18.7 Å². The van der Waals surface area contributed by atoms with Gasteiger partial charge in [-0.3, -0.25) is 19.2 Å². The van der Waals surface area contributed by atoms with E-state index in [-0.39, 0.29) is 17.9 Å². The van der Waals surface area contributed by atoms with Gasteiger partial charge in [-0.2, -0.15) is 0 Å². The molecule has 150 valence electrons. The normalized spacial score (nSPS) is 11.0. The Bertz CT molecular complexity index is 973. The Kier molecular flexibility index (Phi) is 6.57. The molecule has 0 aliphatic carbocycles. The number of nitrogens with zero attached hydrogens (tertiary/aromatic N) is 2. The van der Waals surface area contributed by atoms with Crippen LogP contribution < -0.4 is 14.4 Å². The first-order chi connectivity index (χ1) is 13.1. The number of aryl methyl sites for hydroxylation is 1. The number of hydrogen-bond donors (Lipinski definition) is 1. The predicted octanol–water partition coefficient (Wildman–Crippen LogP) is 1.99. The lowest BCUT2D eigenvalue weighted by molar-refractivity contribution is -0.384. The molecule has 0 heterocycles. The summed E-state index contributed by atoms with van der Waals surface area (Å²) in [6.07, 6.45) is 0.946. The van der Waals surface area contributed by atoms with Crippen molar-refractivity contribution in [3.8, 4) is 5.75 Å². The molecule has 2 aromatic rings. The fourth-order valence-corrected chi connectivity index (χ4v) is 3.40. The second kappa shape index (κ2) is 8.70. The first kappa shape index (κ1) is 21.2. The van der Waals surface area contributed by atoms with Crippen LogP contribution in [0.25, 0.3) is 0 Å². The third kappa shape index (κ3) is 5.43. The SMILES string of the molecule is COc1ccc(CNC(=O)CN(c2cc([N+](=O)[O-])ccc2C)S(C)(=O)=O)cc1. The maximum atomic E-state index is 12.3. The van der Waals surface area contributed by atoms with Crippen LogP contribution in [0.4, 0.5) is 11.4 Å². The zero-order chi connectivity index (χ0) is 20.9. The highest BCUT2D eigenvalue weighted by atomic mass is 32.2. The van der Waals surface area contributed by atoms with Crippen LogP contribution in [0.15, 0.2) is 42.5 Å². The van der Waals surface area contributed by atoms with Gasteiger partial charge in [-0.05, 0) is 30.2 Å². The number of anilines is 1. The van der Waals surface area contributed by atoms with E-state index in [1.165, 1.54) is 12.1 Å². The summed E-state index contributed by atoms with van der Waals surface area (Å²) in [6, 6.07) is 10.9. The molecule has 2 aromatic carbocycles. The second-order valence-electron chi connectivity index (χ2n) is 6.12. The highest BCUT2D eigenvalue weighted by Crippen LogP contribution is 2.27. The number of hydrogen-bond acceptors (Lipinski definition) is 6. The molecule has 10 heteroatoms. The van der Waals surface area contributed by atoms with Crippen molar-refractivity contribution in [1.29, 1.82) is 0 Å². The number of amides is 1. The summed E-state index contributed by atoms with van der Waals surface area (Å²) in [5, 5.41) is 13.7. The number of carbonyl (C=O) groups is 1. The molecule has 28 heavy (non-hydrogen) atoms. The lowest BCUT2D eigenvalue weighted by atomic mass is 10.2. The molecule has 0 atom stereocenters. The van der Waals surface area contributed by atoms with E-state index in [4.69, 9.17) is 4.74 Å². The van der Waals surface area contributed by atoms with E-state index in [0.29, 0.717) is 11.3 Å². The van der Waals surface area contributed by atoms with Crippen molar-refractivity contribution < 1.29 is 22.9 Å². The van der Waals surface area contributed by atoms with Crippen molar-refractivity contribution in [3.05, 3.63) is 63.7 Å². The average molecular weight is 407 g/mol. The van der Waals surface area contributed by atoms with Gasteiger partial charge in [0.25, 0.3) is 5.69 Å². The summed E-state index contributed by atoms with van der Waals surface area (Å²) in [5.74, 6) is 0.145. The molecule has 0 aromatic heterocycles. The molecule has 0 saturated heterocycles. The molecule has 0 spiro atoms. The summed E-state index contributed by atoms with van der Waals surface area (Å²) in [5.41, 5.74) is 1.15. The van der Waals surface area contributed by atoms with Gasteiger partial charge in [0.2, 0.25) is 15.9 Å². The van der Waals surface area contributed by atoms with Crippen molar-refractivity contribution in [1.82, 2.24) is 5.32 Å². The Balaban J connectivity index is 2.17. The lowest BCUT2D eigenvalue weighted by Gasteiger charge is -2.23. The standard InChI is InChI=1S/C18H21N3O6S/c1-13-4-7-15(21(23)24)10-17(13)20(28(3,25)26)12-18(22)19-11-14-5-8-16(27-2)9-6-14/h4-10H,11-12H2,1-3H3,(H,19,22). The molecule has 1 N–H and O–H groups in total. The van der Waals surface area contributed by atoms with Gasteiger partial charge in [0.05, 0.1) is 24.0 Å². The Morgan fingerprint density at radius 2 is 1.86 bits per heavy atom. The number of carbonyl (C=O) groups excluding carboxylic acids is 1. The summed E-state index contributed by atoms with van der Waals surface area (Å²) in [4.78, 5) is 22.7. The summed E-state index contributed by atoms with van der Waals surface area (Å²) < 4.78 is 30.3. The van der Waals surface area contributed by atoms with E-state index in [9.17, 15) is 23.3 Å². The summed E-state index contributed by atoms with van der Waals surface area (Å²) in [6.45, 7) is 1.33. The molecule has 0 radical (unpaired) electrons. The molecule has 0 fully saturated rings. The molecule has 1 amide bonds. The lowest BCUT2D eigenvalue weighted by Crippen LogP contribution is -2.40. The monoisotopic (exact) mass is 407 g/mol. The molecular weight excluding hydrogens is 386 g/mol. The molecule has 2 rings (SSSR count). The smallest absolute Gasteiger partial charge is 0.271 e. The van der Waals surface area contributed by atoms with E-state index in [0.717, 1.165) is 22.2 Å². The van der Waals surface area contributed by atoms with Crippen LogP contribution in [0.3, 0.4) is 0 Å². The third-order valence-electron chi connectivity index (χ3n) is 4.01. The van der Waals surface area contributed by atoms with Crippen LogP contribution in [0.2, 0.25) is 0 Å². The van der Waals surface area contributed by atoms with E-state index in [2.05, 4.69) is 5.32 Å². The van der Waals surface area contributed by atoms with E-state index in [1.807, 2.05) is 0 Å². The zero-order valence-corrected chi connectivity index (χ0v) is 16.5. The van der Waals surface area contributed by atoms with E-state index >= 15 is 0 Å². The first-order valence-electron chi connectivity index (χ1n) is 8.24. The van der Waals surface area contributed by atoms with Gasteiger partial charge in [0.1, 0.15) is 12.3 Å². The third-order valence-corrected chi connectivity index (χ3v) is 5.13. The minimum Gasteiger partial charge on any atom is -0.497 e. The van der Waals surface area contributed by atoms with Gasteiger partial charge in [0.15, 0.2) is 0 Å². The zero-order valence-electron chi connectivity index (χ0n) is 15.7. The Morgan fingerprint density at radius 1 is 1.21 bits per heavy atom. The Morgan fingerprint density at radius 3 is 2.39 bits per heavy atom.